The number of carbonyl (C=O) groups excluding carboxylic acids is 1. The Morgan fingerprint density at radius 2 is 2.26 bits per heavy atom. The number of rotatable bonds is 5. The Labute approximate surface area is 140 Å². The van der Waals surface area contributed by atoms with Crippen LogP contribution in [0.5, 0.6) is 0 Å². The molecule has 0 aliphatic carbocycles. The molecular weight excluding hydrogens is 310 g/mol. The van der Waals surface area contributed by atoms with Gasteiger partial charge < -0.3 is 15.0 Å². The van der Waals surface area contributed by atoms with Crippen molar-refractivity contribution >= 4 is 33.1 Å². The van der Waals surface area contributed by atoms with Crippen LogP contribution in [0.25, 0.3) is 10.1 Å². The molecule has 0 spiro atoms. The van der Waals surface area contributed by atoms with Gasteiger partial charge in [-0.1, -0.05) is 0 Å². The van der Waals surface area contributed by atoms with Crippen molar-refractivity contribution in [2.24, 2.45) is 5.92 Å². The highest BCUT2D eigenvalue weighted by Crippen LogP contribution is 2.33. The van der Waals surface area contributed by atoms with Gasteiger partial charge in [-0.2, -0.15) is 0 Å². The number of nitrogens with one attached hydrogen (secondary N) is 1. The minimum absolute atomic E-state index is 0.103. The number of piperidine rings is 1. The van der Waals surface area contributed by atoms with Crippen LogP contribution in [0.4, 0.5) is 5.82 Å². The molecule has 0 atom stereocenters. The number of carbonyl (C=O) groups is 1. The second kappa shape index (κ2) is 7.27. The average molecular weight is 333 g/mol. The first-order valence-electron chi connectivity index (χ1n) is 8.06. The van der Waals surface area contributed by atoms with Gasteiger partial charge in [0.15, 0.2) is 0 Å². The predicted octanol–water partition coefficient (Wildman–Crippen LogP) is 2.58. The molecule has 3 heterocycles. The van der Waals surface area contributed by atoms with E-state index < -0.39 is 0 Å². The monoisotopic (exact) mass is 333 g/mol. The Bertz CT molecular complexity index is 678. The maximum absolute atomic E-state index is 12.1. The van der Waals surface area contributed by atoms with Crippen molar-refractivity contribution in [3.05, 3.63) is 23.2 Å². The first-order valence-corrected chi connectivity index (χ1v) is 8.87. The van der Waals surface area contributed by atoms with Gasteiger partial charge in [0.05, 0.1) is 6.61 Å². The normalized spacial score (nSPS) is 16.0. The summed E-state index contributed by atoms with van der Waals surface area (Å²) in [4.78, 5) is 20.3. The van der Waals surface area contributed by atoms with E-state index in [1.165, 1.54) is 15.0 Å². The maximum atomic E-state index is 12.1. The third kappa shape index (κ3) is 3.64. The lowest BCUT2D eigenvalue weighted by molar-refractivity contribution is -0.125. The fourth-order valence-electron chi connectivity index (χ4n) is 3.10. The Morgan fingerprint density at radius 1 is 1.48 bits per heavy atom. The van der Waals surface area contributed by atoms with E-state index in [2.05, 4.69) is 34.3 Å². The number of methoxy groups -OCH3 is 1. The largest absolute Gasteiger partial charge is 0.383 e. The zero-order valence-corrected chi connectivity index (χ0v) is 14.5. The molecule has 0 unspecified atom stereocenters. The van der Waals surface area contributed by atoms with Crippen LogP contribution in [0.15, 0.2) is 18.3 Å². The Balaban J connectivity index is 1.63. The number of pyridine rings is 1. The van der Waals surface area contributed by atoms with E-state index in [1.54, 1.807) is 18.4 Å². The first-order chi connectivity index (χ1) is 11.2. The second-order valence-electron chi connectivity index (χ2n) is 5.95. The average Bonchev–Trinajstić information content (AvgIpc) is 2.95. The smallest absolute Gasteiger partial charge is 0.223 e. The van der Waals surface area contributed by atoms with Crippen molar-refractivity contribution in [3.63, 3.8) is 0 Å². The Hall–Kier alpha value is -1.66. The molecule has 2 aromatic heterocycles. The quantitative estimate of drug-likeness (QED) is 0.855. The number of aryl methyl sites for hydroxylation is 1. The minimum Gasteiger partial charge on any atom is -0.383 e. The Morgan fingerprint density at radius 3 is 3.00 bits per heavy atom. The number of nitrogens with zero attached hydrogens (tertiary/aromatic N) is 2. The van der Waals surface area contributed by atoms with Gasteiger partial charge in [-0.15, -0.1) is 11.3 Å². The highest BCUT2D eigenvalue weighted by molar-refractivity contribution is 7.19. The highest BCUT2D eigenvalue weighted by atomic mass is 32.1. The van der Waals surface area contributed by atoms with Crippen molar-refractivity contribution in [3.8, 4) is 0 Å². The van der Waals surface area contributed by atoms with Gasteiger partial charge in [-0.3, -0.25) is 4.79 Å². The van der Waals surface area contributed by atoms with Gasteiger partial charge in [-0.05, 0) is 31.9 Å². The van der Waals surface area contributed by atoms with Gasteiger partial charge in [0, 0.05) is 53.8 Å². The second-order valence-corrected chi connectivity index (χ2v) is 7.24. The number of amides is 1. The molecule has 23 heavy (non-hydrogen) atoms. The summed E-state index contributed by atoms with van der Waals surface area (Å²) in [6, 6.07) is 4.29. The molecule has 1 saturated heterocycles. The SMILES string of the molecule is COCCNC(=O)C1CCN(c2nccc3sc(C)cc23)CC1. The van der Waals surface area contributed by atoms with Crippen LogP contribution in [0.2, 0.25) is 0 Å². The van der Waals surface area contributed by atoms with E-state index in [0.717, 1.165) is 31.7 Å². The molecule has 0 saturated carbocycles. The molecule has 0 bridgehead atoms. The molecule has 1 amide bonds. The number of anilines is 1. The van der Waals surface area contributed by atoms with Crippen LogP contribution in [-0.4, -0.2) is 44.2 Å². The predicted molar refractivity (Wildman–Crippen MR) is 94.2 cm³/mol. The lowest BCUT2D eigenvalue weighted by Crippen LogP contribution is -2.41. The maximum Gasteiger partial charge on any atom is 0.223 e. The fraction of sp³-hybridized carbons (Fsp3) is 0.529. The van der Waals surface area contributed by atoms with Gasteiger partial charge in [0.1, 0.15) is 5.82 Å². The third-order valence-electron chi connectivity index (χ3n) is 4.32. The van der Waals surface area contributed by atoms with E-state index in [-0.39, 0.29) is 11.8 Å². The summed E-state index contributed by atoms with van der Waals surface area (Å²) in [6.07, 6.45) is 3.64. The van der Waals surface area contributed by atoms with Crippen LogP contribution in [0.3, 0.4) is 0 Å². The fourth-order valence-corrected chi connectivity index (χ4v) is 4.01. The first kappa shape index (κ1) is 16.2. The molecule has 3 rings (SSSR count). The zero-order valence-electron chi connectivity index (χ0n) is 13.7. The number of thiophene rings is 1. The minimum atomic E-state index is 0.103. The molecular formula is C17H23N3O2S. The summed E-state index contributed by atoms with van der Waals surface area (Å²) in [6.45, 7) is 5.04. The van der Waals surface area contributed by atoms with Crippen LogP contribution in [0, 0.1) is 12.8 Å². The molecule has 1 aliphatic heterocycles. The molecule has 1 N–H and O–H groups in total. The molecule has 0 aromatic carbocycles. The van der Waals surface area contributed by atoms with Crippen molar-refractivity contribution in [2.45, 2.75) is 19.8 Å². The molecule has 1 aliphatic rings. The topological polar surface area (TPSA) is 54.5 Å². The number of hydrogen-bond acceptors (Lipinski definition) is 5. The summed E-state index contributed by atoms with van der Waals surface area (Å²) < 4.78 is 6.25. The van der Waals surface area contributed by atoms with Crippen LogP contribution >= 0.6 is 11.3 Å². The van der Waals surface area contributed by atoms with Crippen molar-refractivity contribution in [1.29, 1.82) is 0 Å². The van der Waals surface area contributed by atoms with E-state index in [1.807, 2.05) is 6.20 Å². The number of hydrogen-bond donors (Lipinski definition) is 1. The molecule has 0 radical (unpaired) electrons. The molecule has 124 valence electrons. The summed E-state index contributed by atoms with van der Waals surface area (Å²) in [5.41, 5.74) is 0. The van der Waals surface area contributed by atoms with E-state index in [4.69, 9.17) is 4.74 Å². The lowest BCUT2D eigenvalue weighted by atomic mass is 9.95. The molecule has 1 fully saturated rings. The van der Waals surface area contributed by atoms with E-state index in [9.17, 15) is 4.79 Å². The summed E-state index contributed by atoms with van der Waals surface area (Å²) in [7, 11) is 1.64. The molecule has 5 nitrogen and oxygen atoms in total. The number of ether oxygens (including phenoxy) is 1. The number of aromatic nitrogens is 1. The molecule has 2 aromatic rings. The lowest BCUT2D eigenvalue weighted by Gasteiger charge is -2.32. The van der Waals surface area contributed by atoms with Crippen LogP contribution in [-0.2, 0) is 9.53 Å². The Kier molecular flexibility index (Phi) is 5.13. The third-order valence-corrected chi connectivity index (χ3v) is 5.33. The van der Waals surface area contributed by atoms with Gasteiger partial charge >= 0.3 is 0 Å². The summed E-state index contributed by atoms with van der Waals surface area (Å²) in [5, 5.41) is 4.18. The molecule has 6 heteroatoms. The summed E-state index contributed by atoms with van der Waals surface area (Å²) in [5.74, 6) is 1.32. The summed E-state index contributed by atoms with van der Waals surface area (Å²) >= 11 is 1.80. The van der Waals surface area contributed by atoms with Crippen LogP contribution < -0.4 is 10.2 Å². The van der Waals surface area contributed by atoms with E-state index >= 15 is 0 Å². The van der Waals surface area contributed by atoms with E-state index in [0.29, 0.717) is 13.2 Å². The van der Waals surface area contributed by atoms with Crippen molar-refractivity contribution in [2.75, 3.05) is 38.3 Å². The standard InChI is InChI=1S/C17H23N3O2S/c1-12-11-14-15(23-12)3-6-18-16(14)20-8-4-13(5-9-20)17(21)19-7-10-22-2/h3,6,11,13H,4-5,7-10H2,1-2H3,(H,19,21). The van der Waals surface area contributed by atoms with Gasteiger partial charge in [-0.25, -0.2) is 4.98 Å². The number of fused-ring (bicyclic) bond motifs is 1. The highest BCUT2D eigenvalue weighted by Gasteiger charge is 2.26. The van der Waals surface area contributed by atoms with Crippen LogP contribution in [0.1, 0.15) is 17.7 Å². The van der Waals surface area contributed by atoms with Crippen molar-refractivity contribution in [1.82, 2.24) is 10.3 Å². The zero-order chi connectivity index (χ0) is 16.2. The van der Waals surface area contributed by atoms with Crippen molar-refractivity contribution < 1.29 is 9.53 Å². The van der Waals surface area contributed by atoms with Gasteiger partial charge in [0.25, 0.3) is 0 Å². The van der Waals surface area contributed by atoms with Gasteiger partial charge in [0.2, 0.25) is 5.91 Å².